The lowest BCUT2D eigenvalue weighted by Crippen LogP contribution is -2.53. The molecule has 1 atom stereocenters. The normalized spacial score (nSPS) is 14.2. The maximum Gasteiger partial charge on any atom is 0.329 e. The fraction of sp³-hybridized carbons (Fsp3) is 0.818. The summed E-state index contributed by atoms with van der Waals surface area (Å²) in [7, 11) is 0. The molecule has 1 unspecified atom stereocenters. The molecule has 16 heavy (non-hydrogen) atoms. The van der Waals surface area contributed by atoms with Crippen molar-refractivity contribution in [2.45, 2.75) is 45.6 Å². The molecular formula is C11H21NO4. The molecule has 0 spiro atoms. The van der Waals surface area contributed by atoms with Gasteiger partial charge < -0.3 is 15.2 Å². The Morgan fingerprint density at radius 1 is 1.31 bits per heavy atom. The van der Waals surface area contributed by atoms with Crippen LogP contribution in [-0.4, -0.2) is 35.7 Å². The maximum atomic E-state index is 11.4. The second kappa shape index (κ2) is 7.22. The number of carboxylic acids is 1. The predicted molar refractivity (Wildman–Crippen MR) is 60.2 cm³/mol. The van der Waals surface area contributed by atoms with Crippen LogP contribution >= 0.6 is 0 Å². The zero-order chi connectivity index (χ0) is 12.6. The van der Waals surface area contributed by atoms with Crippen LogP contribution in [0.3, 0.4) is 0 Å². The van der Waals surface area contributed by atoms with E-state index >= 15 is 0 Å². The SMILES string of the molecule is CCCOCC(=O)NC(C)(CCC)C(=O)O. The highest BCUT2D eigenvalue weighted by atomic mass is 16.5. The van der Waals surface area contributed by atoms with Crippen molar-refractivity contribution in [3.63, 3.8) is 0 Å². The maximum absolute atomic E-state index is 11.4. The molecule has 0 aliphatic heterocycles. The van der Waals surface area contributed by atoms with Crippen LogP contribution in [0.15, 0.2) is 0 Å². The number of rotatable bonds is 8. The molecule has 0 heterocycles. The number of hydrogen-bond donors (Lipinski definition) is 2. The summed E-state index contributed by atoms with van der Waals surface area (Å²) in [5, 5.41) is 11.5. The van der Waals surface area contributed by atoms with Gasteiger partial charge in [-0.3, -0.25) is 4.79 Å². The zero-order valence-electron chi connectivity index (χ0n) is 10.2. The third-order valence-electron chi connectivity index (χ3n) is 2.22. The Bertz CT molecular complexity index is 242. The van der Waals surface area contributed by atoms with Crippen molar-refractivity contribution in [1.29, 1.82) is 0 Å². The number of carbonyl (C=O) groups is 2. The summed E-state index contributed by atoms with van der Waals surface area (Å²) in [4.78, 5) is 22.4. The van der Waals surface area contributed by atoms with E-state index < -0.39 is 11.5 Å². The molecule has 0 saturated heterocycles. The number of ether oxygens (including phenoxy) is 1. The molecule has 0 saturated carbocycles. The van der Waals surface area contributed by atoms with Gasteiger partial charge in [-0.15, -0.1) is 0 Å². The first-order valence-electron chi connectivity index (χ1n) is 5.58. The van der Waals surface area contributed by atoms with E-state index in [9.17, 15) is 9.59 Å². The van der Waals surface area contributed by atoms with Crippen LogP contribution in [0.2, 0.25) is 0 Å². The number of aliphatic carboxylic acids is 1. The highest BCUT2D eigenvalue weighted by molar-refractivity contribution is 5.87. The molecule has 0 fully saturated rings. The Labute approximate surface area is 96.2 Å². The lowest BCUT2D eigenvalue weighted by atomic mass is 9.96. The number of nitrogens with one attached hydrogen (secondary N) is 1. The lowest BCUT2D eigenvalue weighted by Gasteiger charge is -2.25. The van der Waals surface area contributed by atoms with Crippen LogP contribution in [0.25, 0.3) is 0 Å². The molecule has 5 heteroatoms. The van der Waals surface area contributed by atoms with Gasteiger partial charge in [0, 0.05) is 6.61 Å². The summed E-state index contributed by atoms with van der Waals surface area (Å²) >= 11 is 0. The van der Waals surface area contributed by atoms with E-state index in [0.717, 1.165) is 6.42 Å². The minimum Gasteiger partial charge on any atom is -0.480 e. The monoisotopic (exact) mass is 231 g/mol. The second-order valence-electron chi connectivity index (χ2n) is 3.99. The summed E-state index contributed by atoms with van der Waals surface area (Å²) < 4.78 is 5.04. The molecule has 0 aliphatic carbocycles. The van der Waals surface area contributed by atoms with Crippen LogP contribution < -0.4 is 5.32 Å². The first-order valence-corrected chi connectivity index (χ1v) is 5.58. The fourth-order valence-electron chi connectivity index (χ4n) is 1.38. The van der Waals surface area contributed by atoms with Crippen molar-refractivity contribution in [3.8, 4) is 0 Å². The standard InChI is InChI=1S/C11H21NO4/c1-4-6-11(3,10(14)15)12-9(13)8-16-7-5-2/h4-8H2,1-3H3,(H,12,13)(H,14,15). The number of carboxylic acid groups (broad SMARTS) is 1. The van der Waals surface area contributed by atoms with Crippen LogP contribution in [0.5, 0.6) is 0 Å². The minimum absolute atomic E-state index is 0.0829. The minimum atomic E-state index is -1.19. The smallest absolute Gasteiger partial charge is 0.329 e. The first-order chi connectivity index (χ1) is 7.46. The lowest BCUT2D eigenvalue weighted by molar-refractivity contribution is -0.148. The molecule has 0 bridgehead atoms. The van der Waals surface area contributed by atoms with Crippen molar-refractivity contribution >= 4 is 11.9 Å². The Morgan fingerprint density at radius 3 is 2.38 bits per heavy atom. The second-order valence-corrected chi connectivity index (χ2v) is 3.99. The largest absolute Gasteiger partial charge is 0.480 e. The summed E-state index contributed by atoms with van der Waals surface area (Å²) in [5.74, 6) is -1.40. The summed E-state index contributed by atoms with van der Waals surface area (Å²) in [6, 6.07) is 0. The Morgan fingerprint density at radius 2 is 1.94 bits per heavy atom. The molecule has 0 aromatic heterocycles. The number of carbonyl (C=O) groups excluding carboxylic acids is 1. The highest BCUT2D eigenvalue weighted by Crippen LogP contribution is 2.12. The molecule has 0 aromatic carbocycles. The quantitative estimate of drug-likeness (QED) is 0.615. The number of amides is 1. The van der Waals surface area contributed by atoms with Crippen molar-refractivity contribution in [2.75, 3.05) is 13.2 Å². The van der Waals surface area contributed by atoms with Gasteiger partial charge in [-0.2, -0.15) is 0 Å². The summed E-state index contributed by atoms with van der Waals surface area (Å²) in [5.41, 5.74) is -1.19. The number of hydrogen-bond acceptors (Lipinski definition) is 3. The Balaban J connectivity index is 4.19. The topological polar surface area (TPSA) is 75.6 Å². The third-order valence-corrected chi connectivity index (χ3v) is 2.22. The van der Waals surface area contributed by atoms with Crippen molar-refractivity contribution in [3.05, 3.63) is 0 Å². The van der Waals surface area contributed by atoms with Gasteiger partial charge in [0.1, 0.15) is 12.1 Å². The molecule has 5 nitrogen and oxygen atoms in total. The van der Waals surface area contributed by atoms with Crippen LogP contribution in [0.4, 0.5) is 0 Å². The molecule has 0 rings (SSSR count). The fourth-order valence-corrected chi connectivity index (χ4v) is 1.38. The van der Waals surface area contributed by atoms with Crippen LogP contribution in [-0.2, 0) is 14.3 Å². The van der Waals surface area contributed by atoms with E-state index in [1.807, 2.05) is 13.8 Å². The average Bonchev–Trinajstić information content (AvgIpc) is 2.18. The molecule has 2 N–H and O–H groups in total. The van der Waals surface area contributed by atoms with Crippen molar-refractivity contribution < 1.29 is 19.4 Å². The van der Waals surface area contributed by atoms with Gasteiger partial charge in [0.25, 0.3) is 0 Å². The molecular weight excluding hydrogens is 210 g/mol. The van der Waals surface area contributed by atoms with E-state index in [2.05, 4.69) is 5.32 Å². The van der Waals surface area contributed by atoms with E-state index in [1.165, 1.54) is 6.92 Å². The third kappa shape index (κ3) is 5.11. The Hall–Kier alpha value is -1.10. The molecule has 1 amide bonds. The summed E-state index contributed by atoms with van der Waals surface area (Å²) in [6.07, 6.45) is 1.93. The van der Waals surface area contributed by atoms with E-state index in [4.69, 9.17) is 9.84 Å². The van der Waals surface area contributed by atoms with Gasteiger partial charge in [0.2, 0.25) is 5.91 Å². The summed E-state index contributed by atoms with van der Waals surface area (Å²) in [6.45, 7) is 5.75. The van der Waals surface area contributed by atoms with Crippen LogP contribution in [0.1, 0.15) is 40.0 Å². The van der Waals surface area contributed by atoms with Gasteiger partial charge in [-0.05, 0) is 19.8 Å². The van der Waals surface area contributed by atoms with E-state index in [0.29, 0.717) is 19.4 Å². The van der Waals surface area contributed by atoms with Crippen molar-refractivity contribution in [1.82, 2.24) is 5.32 Å². The zero-order valence-corrected chi connectivity index (χ0v) is 10.2. The molecule has 94 valence electrons. The highest BCUT2D eigenvalue weighted by Gasteiger charge is 2.33. The van der Waals surface area contributed by atoms with Gasteiger partial charge in [-0.25, -0.2) is 4.79 Å². The molecule has 0 aromatic rings. The molecule has 0 aliphatic rings. The average molecular weight is 231 g/mol. The van der Waals surface area contributed by atoms with Gasteiger partial charge in [-0.1, -0.05) is 20.3 Å². The van der Waals surface area contributed by atoms with Gasteiger partial charge in [0.15, 0.2) is 0 Å². The Kier molecular flexibility index (Phi) is 6.72. The van der Waals surface area contributed by atoms with Gasteiger partial charge >= 0.3 is 5.97 Å². The van der Waals surface area contributed by atoms with E-state index in [-0.39, 0.29) is 12.5 Å². The molecule has 0 radical (unpaired) electrons. The first kappa shape index (κ1) is 14.9. The van der Waals surface area contributed by atoms with Crippen LogP contribution in [0, 0.1) is 0 Å². The van der Waals surface area contributed by atoms with E-state index in [1.54, 1.807) is 0 Å². The predicted octanol–water partition coefficient (Wildman–Crippen LogP) is 1.17. The van der Waals surface area contributed by atoms with Gasteiger partial charge in [0.05, 0.1) is 0 Å². The van der Waals surface area contributed by atoms with Crippen molar-refractivity contribution in [2.24, 2.45) is 0 Å².